The van der Waals surface area contributed by atoms with Gasteiger partial charge in [0, 0.05) is 12.1 Å². The first-order valence-electron chi connectivity index (χ1n) is 4.86. The van der Waals surface area contributed by atoms with Gasteiger partial charge in [-0.3, -0.25) is 4.79 Å². The predicted octanol–water partition coefficient (Wildman–Crippen LogP) is 1.26. The van der Waals surface area contributed by atoms with Crippen molar-refractivity contribution in [1.29, 1.82) is 0 Å². The Hall–Kier alpha value is -2.01. The number of hydrogen-bond donors (Lipinski definition) is 2. The topological polar surface area (TPSA) is 81.4 Å². The van der Waals surface area contributed by atoms with Crippen molar-refractivity contribution < 1.29 is 13.6 Å². The molecule has 5 nitrogen and oxygen atoms in total. The number of nitrogens with two attached hydrogens (primary N) is 1. The molecule has 3 N–H and O–H groups in total. The van der Waals surface area contributed by atoms with Crippen molar-refractivity contribution in [2.75, 3.05) is 0 Å². The minimum absolute atomic E-state index is 0.181. The molecule has 0 atom stereocenters. The molecule has 2 heterocycles. The van der Waals surface area contributed by atoms with E-state index < -0.39 is 5.91 Å². The van der Waals surface area contributed by atoms with E-state index >= 15 is 0 Å². The maximum absolute atomic E-state index is 10.8. The number of carbonyl (C=O) groups is 1. The highest BCUT2D eigenvalue weighted by Gasteiger charge is 2.06. The van der Waals surface area contributed by atoms with Crippen molar-refractivity contribution in [3.05, 3.63) is 47.8 Å². The second-order valence-electron chi connectivity index (χ2n) is 3.37. The summed E-state index contributed by atoms with van der Waals surface area (Å²) in [5.74, 6) is 0.304. The molecule has 2 aromatic heterocycles. The van der Waals surface area contributed by atoms with Gasteiger partial charge in [0.1, 0.15) is 5.76 Å². The van der Waals surface area contributed by atoms with Crippen LogP contribution in [0.4, 0.5) is 0 Å². The molecule has 84 valence electrons. The monoisotopic (exact) mass is 220 g/mol. The summed E-state index contributed by atoms with van der Waals surface area (Å²) in [4.78, 5) is 10.8. The molecule has 2 aromatic rings. The number of hydrogen-bond acceptors (Lipinski definition) is 4. The number of furan rings is 2. The summed E-state index contributed by atoms with van der Waals surface area (Å²) in [7, 11) is 0. The van der Waals surface area contributed by atoms with E-state index in [1.54, 1.807) is 24.7 Å². The molecule has 5 heteroatoms. The Labute approximate surface area is 92.2 Å². The molecule has 0 bridgehead atoms. The normalized spacial score (nSPS) is 10.5. The van der Waals surface area contributed by atoms with Crippen LogP contribution in [0, 0.1) is 0 Å². The van der Waals surface area contributed by atoms with Crippen molar-refractivity contribution in [2.24, 2.45) is 5.73 Å². The quantitative estimate of drug-likeness (QED) is 0.794. The van der Waals surface area contributed by atoms with Crippen molar-refractivity contribution in [1.82, 2.24) is 5.32 Å². The third kappa shape index (κ3) is 2.52. The fourth-order valence-corrected chi connectivity index (χ4v) is 1.33. The second kappa shape index (κ2) is 4.67. The third-order valence-electron chi connectivity index (χ3n) is 2.11. The summed E-state index contributed by atoms with van der Waals surface area (Å²) >= 11 is 0. The maximum Gasteiger partial charge on any atom is 0.284 e. The maximum atomic E-state index is 10.8. The van der Waals surface area contributed by atoms with Crippen LogP contribution in [0.2, 0.25) is 0 Å². The molecule has 0 radical (unpaired) electrons. The minimum atomic E-state index is -0.555. The average Bonchev–Trinajstić information content (AvgIpc) is 2.87. The number of rotatable bonds is 5. The van der Waals surface area contributed by atoms with Crippen LogP contribution in [-0.2, 0) is 13.1 Å². The van der Waals surface area contributed by atoms with E-state index in [9.17, 15) is 4.79 Å². The Kier molecular flexibility index (Phi) is 3.07. The van der Waals surface area contributed by atoms with Crippen molar-refractivity contribution in [3.8, 4) is 0 Å². The Morgan fingerprint density at radius 2 is 2.19 bits per heavy atom. The van der Waals surface area contributed by atoms with Crippen LogP contribution >= 0.6 is 0 Å². The first-order chi connectivity index (χ1) is 7.75. The number of primary amides is 1. The Morgan fingerprint density at radius 3 is 2.81 bits per heavy atom. The predicted molar refractivity (Wildman–Crippen MR) is 56.5 cm³/mol. The second-order valence-corrected chi connectivity index (χ2v) is 3.37. The van der Waals surface area contributed by atoms with E-state index in [0.29, 0.717) is 18.8 Å². The summed E-state index contributed by atoms with van der Waals surface area (Å²) in [5, 5.41) is 3.15. The number of carbonyl (C=O) groups excluding carboxylic acids is 1. The van der Waals surface area contributed by atoms with E-state index in [0.717, 1.165) is 5.56 Å². The number of nitrogens with one attached hydrogen (secondary N) is 1. The molecule has 0 saturated heterocycles. The molecule has 0 aliphatic carbocycles. The van der Waals surface area contributed by atoms with Gasteiger partial charge in [0.25, 0.3) is 5.91 Å². The van der Waals surface area contributed by atoms with E-state index in [2.05, 4.69) is 5.32 Å². The van der Waals surface area contributed by atoms with Gasteiger partial charge in [-0.05, 0) is 18.2 Å². The molecule has 0 aliphatic heterocycles. The van der Waals surface area contributed by atoms with Gasteiger partial charge < -0.3 is 19.9 Å². The molecule has 0 unspecified atom stereocenters. The molecule has 16 heavy (non-hydrogen) atoms. The first kappa shape index (κ1) is 10.5. The summed E-state index contributed by atoms with van der Waals surface area (Å²) in [6.45, 7) is 1.22. The zero-order valence-corrected chi connectivity index (χ0v) is 8.60. The molecule has 0 aromatic carbocycles. The largest absolute Gasteiger partial charge is 0.472 e. The van der Waals surface area contributed by atoms with Gasteiger partial charge in [-0.15, -0.1) is 0 Å². The van der Waals surface area contributed by atoms with E-state index in [1.807, 2.05) is 6.07 Å². The van der Waals surface area contributed by atoms with Crippen LogP contribution in [-0.4, -0.2) is 5.91 Å². The lowest BCUT2D eigenvalue weighted by Gasteiger charge is -1.99. The highest BCUT2D eigenvalue weighted by atomic mass is 16.4. The van der Waals surface area contributed by atoms with Crippen molar-refractivity contribution >= 4 is 5.91 Å². The fraction of sp³-hybridized carbons (Fsp3) is 0.182. The highest BCUT2D eigenvalue weighted by molar-refractivity contribution is 5.89. The van der Waals surface area contributed by atoms with Crippen LogP contribution in [0.5, 0.6) is 0 Å². The Balaban J connectivity index is 1.83. The fourth-order valence-electron chi connectivity index (χ4n) is 1.33. The smallest absolute Gasteiger partial charge is 0.284 e. The van der Waals surface area contributed by atoms with E-state index in [4.69, 9.17) is 14.6 Å². The SMILES string of the molecule is NC(=O)c1ccc(CNCc2ccoc2)o1. The standard InChI is InChI=1S/C11H12N2O3/c12-11(14)10-2-1-9(16-10)6-13-5-8-3-4-15-7-8/h1-4,7,13H,5-6H2,(H2,12,14). The van der Waals surface area contributed by atoms with Gasteiger partial charge >= 0.3 is 0 Å². The van der Waals surface area contributed by atoms with Crippen LogP contribution in [0.3, 0.4) is 0 Å². The van der Waals surface area contributed by atoms with Gasteiger partial charge in [0.05, 0.1) is 19.1 Å². The van der Waals surface area contributed by atoms with Crippen LogP contribution < -0.4 is 11.1 Å². The van der Waals surface area contributed by atoms with Crippen LogP contribution in [0.1, 0.15) is 21.9 Å². The summed E-state index contributed by atoms with van der Waals surface area (Å²) in [5.41, 5.74) is 6.12. The molecular weight excluding hydrogens is 208 g/mol. The molecule has 0 aliphatic rings. The van der Waals surface area contributed by atoms with Gasteiger partial charge in [0.15, 0.2) is 5.76 Å². The minimum Gasteiger partial charge on any atom is -0.472 e. The van der Waals surface area contributed by atoms with Crippen molar-refractivity contribution in [3.63, 3.8) is 0 Å². The van der Waals surface area contributed by atoms with Gasteiger partial charge in [0.2, 0.25) is 0 Å². The Morgan fingerprint density at radius 1 is 1.31 bits per heavy atom. The molecule has 0 spiro atoms. The lowest BCUT2D eigenvalue weighted by atomic mass is 10.3. The van der Waals surface area contributed by atoms with E-state index in [1.165, 1.54) is 0 Å². The summed E-state index contributed by atoms with van der Waals surface area (Å²) in [6.07, 6.45) is 3.29. The third-order valence-corrected chi connectivity index (χ3v) is 2.11. The van der Waals surface area contributed by atoms with Gasteiger partial charge in [-0.25, -0.2) is 0 Å². The van der Waals surface area contributed by atoms with Gasteiger partial charge in [-0.1, -0.05) is 0 Å². The zero-order valence-electron chi connectivity index (χ0n) is 8.60. The van der Waals surface area contributed by atoms with Crippen molar-refractivity contribution in [2.45, 2.75) is 13.1 Å². The Bertz CT molecular complexity index is 459. The molecule has 0 fully saturated rings. The lowest BCUT2D eigenvalue weighted by molar-refractivity contribution is 0.0972. The van der Waals surface area contributed by atoms with Gasteiger partial charge in [-0.2, -0.15) is 0 Å². The van der Waals surface area contributed by atoms with E-state index in [-0.39, 0.29) is 5.76 Å². The lowest BCUT2D eigenvalue weighted by Crippen LogP contribution is -2.12. The number of amides is 1. The van der Waals surface area contributed by atoms with Crippen LogP contribution in [0.25, 0.3) is 0 Å². The summed E-state index contributed by atoms with van der Waals surface area (Å²) in [6, 6.07) is 5.17. The molecular formula is C11H12N2O3. The highest BCUT2D eigenvalue weighted by Crippen LogP contribution is 2.07. The molecule has 2 rings (SSSR count). The average molecular weight is 220 g/mol. The zero-order chi connectivity index (χ0) is 11.4. The first-order valence-corrected chi connectivity index (χ1v) is 4.86. The molecule has 0 saturated carbocycles. The van der Waals surface area contributed by atoms with Crippen LogP contribution in [0.15, 0.2) is 39.6 Å². The molecule has 1 amide bonds. The summed E-state index contributed by atoms with van der Waals surface area (Å²) < 4.78 is 10.1.